The second kappa shape index (κ2) is 30.5. The Kier molecular flexibility index (Phi) is 18.1. The summed E-state index contributed by atoms with van der Waals surface area (Å²) < 4.78 is 0. The third kappa shape index (κ3) is 12.7. The van der Waals surface area contributed by atoms with Crippen LogP contribution in [0.3, 0.4) is 0 Å². The van der Waals surface area contributed by atoms with E-state index >= 15 is 0 Å². The van der Waals surface area contributed by atoms with Crippen LogP contribution >= 0.6 is 0 Å². The van der Waals surface area contributed by atoms with E-state index in [1.165, 1.54) is 229 Å². The average molecular weight is 1520 g/mol. The number of fused-ring (bicyclic) bond motifs is 12. The topological polar surface area (TPSA) is 0 Å². The summed E-state index contributed by atoms with van der Waals surface area (Å²) in [6.45, 7) is 0. The zero-order chi connectivity index (χ0) is 79.4. The molecule has 0 aromatic heterocycles. The minimum atomic E-state index is 1.23. The van der Waals surface area contributed by atoms with E-state index in [0.717, 1.165) is 0 Å². The van der Waals surface area contributed by atoms with Crippen molar-refractivity contribution >= 4 is 129 Å². The molecule has 0 N–H and O–H groups in total. The van der Waals surface area contributed by atoms with E-state index < -0.39 is 0 Å². The Morgan fingerprint density at radius 2 is 0.283 bits per heavy atom. The molecule has 0 fully saturated rings. The molecule has 0 unspecified atom stereocenters. The van der Waals surface area contributed by atoms with E-state index in [-0.39, 0.29) is 0 Å². The van der Waals surface area contributed by atoms with E-state index in [4.69, 9.17) is 0 Å². The highest BCUT2D eigenvalue weighted by atomic mass is 14.3. The average Bonchev–Trinajstić information content (AvgIpc) is 0.717. The first kappa shape index (κ1) is 71.0. The third-order valence-electron chi connectivity index (χ3n) is 24.7. The number of benzene rings is 24. The summed E-state index contributed by atoms with van der Waals surface area (Å²) in [7, 11) is 0. The minimum absolute atomic E-state index is 1.23. The molecule has 0 nitrogen and oxygen atoms in total. The summed E-state index contributed by atoms with van der Waals surface area (Å²) in [6, 6.07) is 173. The molecule has 120 heavy (non-hydrogen) atoms. The molecule has 0 aliphatic rings. The molecule has 0 atom stereocenters. The Bertz CT molecular complexity index is 7960. The van der Waals surface area contributed by atoms with Crippen molar-refractivity contribution in [1.29, 1.82) is 0 Å². The van der Waals surface area contributed by atoms with Gasteiger partial charge in [0.1, 0.15) is 0 Å². The second-order valence-corrected chi connectivity index (χ2v) is 31.5. The highest BCUT2D eigenvalue weighted by Crippen LogP contribution is 2.51. The van der Waals surface area contributed by atoms with Crippen LogP contribution in [0.15, 0.2) is 473 Å². The van der Waals surface area contributed by atoms with Crippen LogP contribution < -0.4 is 0 Å². The zero-order valence-corrected chi connectivity index (χ0v) is 66.0. The number of hydrogen-bond donors (Lipinski definition) is 0. The molecule has 558 valence electrons. The van der Waals surface area contributed by atoms with Gasteiger partial charge in [0.05, 0.1) is 0 Å². The van der Waals surface area contributed by atoms with E-state index in [1.54, 1.807) is 0 Å². The van der Waals surface area contributed by atoms with E-state index in [0.29, 0.717) is 0 Å². The van der Waals surface area contributed by atoms with Crippen molar-refractivity contribution in [3.8, 4) is 100 Å². The molecule has 24 rings (SSSR count). The van der Waals surface area contributed by atoms with E-state index in [2.05, 4.69) is 473 Å². The Morgan fingerprint density at radius 1 is 0.0833 bits per heavy atom. The smallest absolute Gasteiger partial charge is 0.00201 e. The van der Waals surface area contributed by atoms with Crippen LogP contribution in [0, 0.1) is 0 Å². The standard InChI is InChI=1S/3C40H26/c1-3-18-31-27(12-1)14-10-24-33(31)29-16-9-17-30(26-29)39-35-20-5-7-22-37(35)40(38-23-8-6-21-36(38)39)34-25-11-15-28-13-2-4-19-32(28)34;1-2-13-29-25-31(24-23-27(29)11-1)30-15-9-16-32(26-30)39-35-18-5-7-20-37(35)40(38-21-8-6-19-36(38)39)34-22-10-14-28-12-3-4-17-33(28)34;1-2-12-31-26-32(25-22-27(31)10-1)28-20-23-30(24-21-28)39-35-15-5-7-17-37(35)40(38-18-8-6-16-36(38)39)34-19-9-13-29-11-3-4-14-33(29)34/h3*1-26H. The molecular weight excluding hydrogens is 1440 g/mol. The van der Waals surface area contributed by atoms with Crippen molar-refractivity contribution in [1.82, 2.24) is 0 Å². The Labute approximate surface area is 697 Å². The molecule has 0 spiro atoms. The SMILES string of the molecule is c1cc(-c2ccc3ccccc3c2)cc(-c2c3ccccc3c(-c3cccc4ccccc34)c3ccccc23)c1.c1cc(-c2cccc3ccccc23)cc(-c2c3ccccc3c(-c3cccc4ccccc34)c3ccccc23)c1.c1ccc2cc(-c3ccc(-c4c5ccccc5c(-c5cccc6ccccc56)c5ccccc45)cc3)ccc2c1. The molecule has 0 amide bonds. The van der Waals surface area contributed by atoms with Crippen LogP contribution in [0.25, 0.3) is 229 Å². The molecular formula is C120H78. The summed E-state index contributed by atoms with van der Waals surface area (Å²) in [4.78, 5) is 0. The highest BCUT2D eigenvalue weighted by Gasteiger charge is 2.23. The lowest BCUT2D eigenvalue weighted by Crippen LogP contribution is -1.92. The lowest BCUT2D eigenvalue weighted by atomic mass is 9.84. The molecule has 0 saturated carbocycles. The number of hydrogen-bond acceptors (Lipinski definition) is 0. The summed E-state index contributed by atoms with van der Waals surface area (Å²) in [6.07, 6.45) is 0. The number of rotatable bonds is 9. The highest BCUT2D eigenvalue weighted by molar-refractivity contribution is 6.27. The van der Waals surface area contributed by atoms with E-state index in [1.807, 2.05) is 0 Å². The van der Waals surface area contributed by atoms with Gasteiger partial charge in [-0.25, -0.2) is 0 Å². The van der Waals surface area contributed by atoms with Gasteiger partial charge < -0.3 is 0 Å². The molecule has 0 heterocycles. The van der Waals surface area contributed by atoms with Gasteiger partial charge in [0.25, 0.3) is 0 Å². The van der Waals surface area contributed by atoms with Crippen LogP contribution in [0.2, 0.25) is 0 Å². The molecule has 0 aliphatic carbocycles. The fourth-order valence-electron chi connectivity index (χ4n) is 19.3. The molecule has 24 aromatic carbocycles. The molecule has 24 aromatic rings. The van der Waals surface area contributed by atoms with Gasteiger partial charge in [0.15, 0.2) is 0 Å². The first-order valence-corrected chi connectivity index (χ1v) is 41.6. The maximum atomic E-state index is 2.37. The summed E-state index contributed by atoms with van der Waals surface area (Å²) in [5.41, 5.74) is 22.8. The lowest BCUT2D eigenvalue weighted by Gasteiger charge is -2.19. The van der Waals surface area contributed by atoms with E-state index in [9.17, 15) is 0 Å². The van der Waals surface area contributed by atoms with Crippen LogP contribution in [-0.4, -0.2) is 0 Å². The third-order valence-corrected chi connectivity index (χ3v) is 24.7. The first-order valence-electron chi connectivity index (χ1n) is 41.6. The van der Waals surface area contributed by atoms with Crippen molar-refractivity contribution in [2.24, 2.45) is 0 Å². The fraction of sp³-hybridized carbons (Fsp3) is 0. The van der Waals surface area contributed by atoms with Crippen molar-refractivity contribution < 1.29 is 0 Å². The summed E-state index contributed by atoms with van der Waals surface area (Å²) in [5.74, 6) is 0. The van der Waals surface area contributed by atoms with Gasteiger partial charge in [0.2, 0.25) is 0 Å². The van der Waals surface area contributed by atoms with Gasteiger partial charge in [-0.1, -0.05) is 449 Å². The maximum absolute atomic E-state index is 2.37. The summed E-state index contributed by atoms with van der Waals surface area (Å²) in [5, 5.41) is 30.6. The van der Waals surface area contributed by atoms with Gasteiger partial charge in [0, 0.05) is 0 Å². The molecule has 0 saturated heterocycles. The Morgan fingerprint density at radius 3 is 0.625 bits per heavy atom. The quantitative estimate of drug-likeness (QED) is 0.126. The largest absolute Gasteiger partial charge is 0.0616 e. The van der Waals surface area contributed by atoms with Gasteiger partial charge >= 0.3 is 0 Å². The van der Waals surface area contributed by atoms with Crippen molar-refractivity contribution in [2.75, 3.05) is 0 Å². The summed E-state index contributed by atoms with van der Waals surface area (Å²) >= 11 is 0. The predicted molar refractivity (Wildman–Crippen MR) is 518 cm³/mol. The Hall–Kier alpha value is -15.6. The van der Waals surface area contributed by atoms with Crippen molar-refractivity contribution in [3.05, 3.63) is 473 Å². The fourth-order valence-corrected chi connectivity index (χ4v) is 19.3. The minimum Gasteiger partial charge on any atom is -0.0616 e. The van der Waals surface area contributed by atoms with Crippen molar-refractivity contribution in [3.63, 3.8) is 0 Å². The molecule has 0 heteroatoms. The molecule has 0 aliphatic heterocycles. The van der Waals surface area contributed by atoms with Crippen LogP contribution in [-0.2, 0) is 0 Å². The van der Waals surface area contributed by atoms with Crippen LogP contribution in [0.5, 0.6) is 0 Å². The predicted octanol–water partition coefficient (Wildman–Crippen LogP) is 33.9. The van der Waals surface area contributed by atoms with Crippen molar-refractivity contribution in [2.45, 2.75) is 0 Å². The van der Waals surface area contributed by atoms with Gasteiger partial charge in [-0.05, 0) is 254 Å². The van der Waals surface area contributed by atoms with Gasteiger partial charge in [-0.15, -0.1) is 0 Å². The lowest BCUT2D eigenvalue weighted by molar-refractivity contribution is 1.63. The second-order valence-electron chi connectivity index (χ2n) is 31.5. The zero-order valence-electron chi connectivity index (χ0n) is 66.0. The molecule has 0 bridgehead atoms. The molecule has 0 radical (unpaired) electrons. The van der Waals surface area contributed by atoms with Gasteiger partial charge in [-0.3, -0.25) is 0 Å². The first-order chi connectivity index (χ1) is 59.6. The van der Waals surface area contributed by atoms with Gasteiger partial charge in [-0.2, -0.15) is 0 Å². The Balaban J connectivity index is 0.000000108. The monoisotopic (exact) mass is 1520 g/mol. The maximum Gasteiger partial charge on any atom is -0.00201 e. The van der Waals surface area contributed by atoms with Crippen LogP contribution in [0.4, 0.5) is 0 Å². The normalized spacial score (nSPS) is 11.5. The van der Waals surface area contributed by atoms with Crippen LogP contribution in [0.1, 0.15) is 0 Å².